The Hall–Kier alpha value is -2.97. The quantitative estimate of drug-likeness (QED) is 0.342. The van der Waals surface area contributed by atoms with Crippen molar-refractivity contribution in [1.82, 2.24) is 31.4 Å². The molecule has 0 spiro atoms. The molecule has 0 saturated heterocycles. The van der Waals surface area contributed by atoms with Gasteiger partial charge in [-0.15, -0.1) is 15.0 Å². The van der Waals surface area contributed by atoms with Gasteiger partial charge in [0.25, 0.3) is 0 Å². The molecule has 0 fully saturated rings. The molecule has 4 rings (SSSR count). The number of hydrogen-bond acceptors (Lipinski definition) is 9. The van der Waals surface area contributed by atoms with Crippen molar-refractivity contribution in [1.29, 1.82) is 0 Å². The molecular formula is C27H42N6O3. The van der Waals surface area contributed by atoms with Gasteiger partial charge < -0.3 is 14.5 Å². The maximum Gasteiger partial charge on any atom is 0.352 e. The maximum atomic E-state index is 5.75. The van der Waals surface area contributed by atoms with Crippen LogP contribution < -0.4 is 31.0 Å². The fourth-order valence-electron chi connectivity index (χ4n) is 4.64. The zero-order valence-electron chi connectivity index (χ0n) is 21.5. The molecule has 3 N–H and O–H groups in total. The summed E-state index contributed by atoms with van der Waals surface area (Å²) >= 11 is 0. The lowest BCUT2D eigenvalue weighted by atomic mass is 10.0. The van der Waals surface area contributed by atoms with Gasteiger partial charge in [-0.25, -0.2) is 16.4 Å². The van der Waals surface area contributed by atoms with E-state index in [4.69, 9.17) is 14.5 Å². The Morgan fingerprint density at radius 1 is 0.417 bits per heavy atom. The van der Waals surface area contributed by atoms with E-state index in [-0.39, 0.29) is 18.0 Å². The van der Waals surface area contributed by atoms with E-state index in [0.717, 1.165) is 74.9 Å². The zero-order chi connectivity index (χ0) is 24.7. The lowest BCUT2D eigenvalue weighted by molar-refractivity contribution is 0.155. The predicted octanol–water partition coefficient (Wildman–Crippen LogP) is 6.24. The van der Waals surface area contributed by atoms with Crippen LogP contribution in [0.1, 0.15) is 116 Å². The fourth-order valence-corrected chi connectivity index (χ4v) is 4.64. The van der Waals surface area contributed by atoms with Gasteiger partial charge in [0, 0.05) is 17.1 Å². The first-order chi connectivity index (χ1) is 17.8. The number of nitrogens with one attached hydrogen (secondary N) is 3. The van der Waals surface area contributed by atoms with Crippen molar-refractivity contribution >= 4 is 0 Å². The molecule has 3 aliphatic rings. The maximum absolute atomic E-state index is 5.75. The van der Waals surface area contributed by atoms with Crippen molar-refractivity contribution in [3.05, 3.63) is 35.3 Å². The standard InChI is InChI=1S/C27H42N6O3/c1-4-10-16-22(17-11-5-1)31-34-25-28-26(35-32-23-18-12-6-2-7-13-19-23)30-27(29-25)36-33-24-20-14-8-3-9-15-21-24/h16,18,20,31-33H,1-15,17,19,21H2. The van der Waals surface area contributed by atoms with Crippen molar-refractivity contribution in [2.24, 2.45) is 0 Å². The normalized spacial score (nSPS) is 19.8. The molecule has 36 heavy (non-hydrogen) atoms. The minimum absolute atomic E-state index is 0.0971. The molecule has 1 heterocycles. The minimum atomic E-state index is 0.0971. The van der Waals surface area contributed by atoms with Crippen LogP contribution in [-0.4, -0.2) is 15.0 Å². The highest BCUT2D eigenvalue weighted by Crippen LogP contribution is 2.20. The largest absolute Gasteiger partial charge is 0.352 e. The molecule has 9 nitrogen and oxygen atoms in total. The summed E-state index contributed by atoms with van der Waals surface area (Å²) in [6.07, 6.45) is 27.2. The third kappa shape index (κ3) is 9.59. The number of hydroxylamine groups is 3. The molecule has 1 aromatic rings. The average Bonchev–Trinajstić information content (AvgIpc) is 2.82. The van der Waals surface area contributed by atoms with Crippen molar-refractivity contribution in [3.8, 4) is 18.0 Å². The Morgan fingerprint density at radius 3 is 1.06 bits per heavy atom. The van der Waals surface area contributed by atoms with E-state index in [2.05, 4.69) is 49.6 Å². The van der Waals surface area contributed by atoms with Crippen molar-refractivity contribution < 1.29 is 14.5 Å². The predicted molar refractivity (Wildman–Crippen MR) is 138 cm³/mol. The van der Waals surface area contributed by atoms with Gasteiger partial charge in [0.1, 0.15) is 0 Å². The van der Waals surface area contributed by atoms with Crippen LogP contribution in [-0.2, 0) is 0 Å². The van der Waals surface area contributed by atoms with E-state index in [1.165, 1.54) is 57.8 Å². The first kappa shape index (κ1) is 26.1. The number of nitrogens with zero attached hydrogens (tertiary/aromatic N) is 3. The highest BCUT2D eigenvalue weighted by atomic mass is 16.7. The summed E-state index contributed by atoms with van der Waals surface area (Å²) in [6.45, 7) is 0. The Balaban J connectivity index is 1.42. The van der Waals surface area contributed by atoms with Crippen LogP contribution in [0.4, 0.5) is 0 Å². The highest BCUT2D eigenvalue weighted by molar-refractivity contribution is 5.11. The first-order valence-corrected chi connectivity index (χ1v) is 14.0. The van der Waals surface area contributed by atoms with Crippen LogP contribution in [0.5, 0.6) is 18.0 Å². The van der Waals surface area contributed by atoms with Crippen LogP contribution >= 0.6 is 0 Å². The van der Waals surface area contributed by atoms with Crippen LogP contribution in [0.25, 0.3) is 0 Å². The van der Waals surface area contributed by atoms with Gasteiger partial charge in [-0.1, -0.05) is 56.8 Å². The summed E-state index contributed by atoms with van der Waals surface area (Å²) < 4.78 is 0. The summed E-state index contributed by atoms with van der Waals surface area (Å²) in [6, 6.07) is 0.291. The molecule has 1 aromatic heterocycles. The molecule has 0 aromatic carbocycles. The third-order valence-electron chi connectivity index (χ3n) is 6.77. The third-order valence-corrected chi connectivity index (χ3v) is 6.77. The van der Waals surface area contributed by atoms with E-state index < -0.39 is 0 Å². The van der Waals surface area contributed by atoms with E-state index in [9.17, 15) is 0 Å². The van der Waals surface area contributed by atoms with Crippen molar-refractivity contribution in [2.75, 3.05) is 0 Å². The van der Waals surface area contributed by atoms with Gasteiger partial charge in [0.05, 0.1) is 0 Å². The number of rotatable bonds is 9. The second kappa shape index (κ2) is 15.2. The summed E-state index contributed by atoms with van der Waals surface area (Å²) in [5.74, 6) is 0. The van der Waals surface area contributed by atoms with Gasteiger partial charge in [-0.05, 0) is 77.0 Å². The van der Waals surface area contributed by atoms with Crippen LogP contribution in [0.15, 0.2) is 35.3 Å². The molecule has 198 valence electrons. The molecule has 0 bridgehead atoms. The molecule has 0 aliphatic heterocycles. The SMILES string of the molecule is C1=C(NOc2nc(ONC3=CCCCCCC3)nc(ONC3=CCCCCCC3)n2)CCCCCC1. The van der Waals surface area contributed by atoms with Gasteiger partial charge in [-0.2, -0.15) is 0 Å². The summed E-state index contributed by atoms with van der Waals surface area (Å²) in [5.41, 5.74) is 12.3. The summed E-state index contributed by atoms with van der Waals surface area (Å²) in [7, 11) is 0. The van der Waals surface area contributed by atoms with Crippen molar-refractivity contribution in [3.63, 3.8) is 0 Å². The van der Waals surface area contributed by atoms with E-state index in [1.807, 2.05) is 0 Å². The van der Waals surface area contributed by atoms with E-state index in [1.54, 1.807) is 0 Å². The molecule has 0 unspecified atom stereocenters. The molecule has 0 radical (unpaired) electrons. The Kier molecular flexibility index (Phi) is 11.0. The molecule has 0 atom stereocenters. The zero-order valence-corrected chi connectivity index (χ0v) is 21.5. The molecule has 0 saturated carbocycles. The Bertz CT molecular complexity index is 775. The summed E-state index contributed by atoms with van der Waals surface area (Å²) in [5, 5.41) is 0. The van der Waals surface area contributed by atoms with E-state index in [0.29, 0.717) is 0 Å². The Labute approximate surface area is 215 Å². The highest BCUT2D eigenvalue weighted by Gasteiger charge is 2.14. The minimum Gasteiger partial charge on any atom is -0.340 e. The molecular weight excluding hydrogens is 456 g/mol. The summed E-state index contributed by atoms with van der Waals surface area (Å²) in [4.78, 5) is 30.3. The lowest BCUT2D eigenvalue weighted by Crippen LogP contribution is -2.24. The lowest BCUT2D eigenvalue weighted by Gasteiger charge is -2.16. The fraction of sp³-hybridized carbons (Fsp3) is 0.667. The number of hydrogen-bond donors (Lipinski definition) is 3. The topological polar surface area (TPSA) is 102 Å². The first-order valence-electron chi connectivity index (χ1n) is 14.0. The smallest absolute Gasteiger partial charge is 0.340 e. The second-order valence-corrected chi connectivity index (χ2v) is 9.84. The Morgan fingerprint density at radius 2 is 0.722 bits per heavy atom. The van der Waals surface area contributed by atoms with Gasteiger partial charge in [0.2, 0.25) is 0 Å². The monoisotopic (exact) mass is 498 g/mol. The molecule has 0 amide bonds. The van der Waals surface area contributed by atoms with Gasteiger partial charge in [-0.3, -0.25) is 0 Å². The molecule has 3 aliphatic carbocycles. The van der Waals surface area contributed by atoms with Crippen molar-refractivity contribution in [2.45, 2.75) is 116 Å². The van der Waals surface area contributed by atoms with Gasteiger partial charge >= 0.3 is 18.0 Å². The van der Waals surface area contributed by atoms with Crippen LogP contribution in [0, 0.1) is 0 Å². The number of allylic oxidation sites excluding steroid dienone is 6. The van der Waals surface area contributed by atoms with E-state index >= 15 is 0 Å². The average molecular weight is 499 g/mol. The second-order valence-electron chi connectivity index (χ2n) is 9.84. The number of aromatic nitrogens is 3. The van der Waals surface area contributed by atoms with Crippen LogP contribution in [0.2, 0.25) is 0 Å². The van der Waals surface area contributed by atoms with Crippen LogP contribution in [0.3, 0.4) is 0 Å². The van der Waals surface area contributed by atoms with Gasteiger partial charge in [0.15, 0.2) is 0 Å². The molecule has 9 heteroatoms.